The van der Waals surface area contributed by atoms with E-state index >= 15 is 0 Å². The number of ether oxygens (including phenoxy) is 1. The summed E-state index contributed by atoms with van der Waals surface area (Å²) in [6.07, 6.45) is 0.215. The van der Waals surface area contributed by atoms with Crippen LogP contribution < -0.4 is 0 Å². The van der Waals surface area contributed by atoms with E-state index in [1.54, 1.807) is 0 Å². The van der Waals surface area contributed by atoms with E-state index < -0.39 is 0 Å². The molecule has 1 aromatic carbocycles. The molecule has 0 spiro atoms. The number of hydrogen-bond donors (Lipinski definition) is 0. The lowest BCUT2D eigenvalue weighted by Gasteiger charge is -2.36. The van der Waals surface area contributed by atoms with Gasteiger partial charge in [0.2, 0.25) is 0 Å². The van der Waals surface area contributed by atoms with Crippen LogP contribution in [0.4, 0.5) is 0 Å². The first-order valence-corrected chi connectivity index (χ1v) is 6.52. The Morgan fingerprint density at radius 2 is 2.00 bits per heavy atom. The predicted octanol–water partition coefficient (Wildman–Crippen LogP) is 2.29. The summed E-state index contributed by atoms with van der Waals surface area (Å²) in [6.45, 7) is 8.21. The smallest absolute Gasteiger partial charge is 0.176 e. The van der Waals surface area contributed by atoms with Crippen molar-refractivity contribution in [3.63, 3.8) is 0 Å². The largest absolute Gasteiger partial charge is 0.376 e. The molecular formula is C15H21NO2. The van der Waals surface area contributed by atoms with Crippen molar-refractivity contribution in [1.82, 2.24) is 4.90 Å². The number of carbonyl (C=O) groups excluding carboxylic acids is 1. The topological polar surface area (TPSA) is 29.5 Å². The molecule has 1 fully saturated rings. The van der Waals surface area contributed by atoms with Gasteiger partial charge in [-0.25, -0.2) is 0 Å². The SMILES string of the molecule is Cc1ccc(C(=O)CN2CC(C)OCC2C)cc1. The second-order valence-electron chi connectivity index (χ2n) is 5.21. The zero-order chi connectivity index (χ0) is 13.1. The second-order valence-corrected chi connectivity index (χ2v) is 5.21. The minimum Gasteiger partial charge on any atom is -0.376 e. The summed E-state index contributed by atoms with van der Waals surface area (Å²) >= 11 is 0. The van der Waals surface area contributed by atoms with Gasteiger partial charge in [0, 0.05) is 18.2 Å². The highest BCUT2D eigenvalue weighted by Gasteiger charge is 2.25. The van der Waals surface area contributed by atoms with Crippen LogP contribution in [0.3, 0.4) is 0 Å². The summed E-state index contributed by atoms with van der Waals surface area (Å²) in [5.74, 6) is 0.191. The summed E-state index contributed by atoms with van der Waals surface area (Å²) in [5.41, 5.74) is 1.98. The normalized spacial score (nSPS) is 25.1. The Morgan fingerprint density at radius 3 is 2.67 bits per heavy atom. The van der Waals surface area contributed by atoms with E-state index in [-0.39, 0.29) is 11.9 Å². The van der Waals surface area contributed by atoms with Crippen LogP contribution in [-0.2, 0) is 4.74 Å². The number of ketones is 1. The summed E-state index contributed by atoms with van der Waals surface area (Å²) in [5, 5.41) is 0. The van der Waals surface area contributed by atoms with Crippen LogP contribution in [0.25, 0.3) is 0 Å². The van der Waals surface area contributed by atoms with E-state index in [0.29, 0.717) is 19.2 Å². The van der Waals surface area contributed by atoms with Gasteiger partial charge >= 0.3 is 0 Å². The molecule has 0 amide bonds. The van der Waals surface area contributed by atoms with Crippen LogP contribution in [0, 0.1) is 6.92 Å². The Kier molecular flexibility index (Phi) is 4.15. The molecule has 3 heteroatoms. The van der Waals surface area contributed by atoms with E-state index in [0.717, 1.165) is 12.1 Å². The van der Waals surface area contributed by atoms with Gasteiger partial charge in [-0.15, -0.1) is 0 Å². The fraction of sp³-hybridized carbons (Fsp3) is 0.533. The fourth-order valence-electron chi connectivity index (χ4n) is 2.21. The van der Waals surface area contributed by atoms with Gasteiger partial charge in [0.25, 0.3) is 0 Å². The molecule has 1 aliphatic heterocycles. The molecule has 0 saturated carbocycles. The molecule has 1 saturated heterocycles. The monoisotopic (exact) mass is 247 g/mol. The average molecular weight is 247 g/mol. The highest BCUT2D eigenvalue weighted by molar-refractivity contribution is 5.97. The lowest BCUT2D eigenvalue weighted by Crippen LogP contribution is -2.49. The Hall–Kier alpha value is -1.19. The number of nitrogens with zero attached hydrogens (tertiary/aromatic N) is 1. The maximum atomic E-state index is 12.2. The quantitative estimate of drug-likeness (QED) is 0.767. The molecule has 1 aliphatic rings. The van der Waals surface area contributed by atoms with E-state index in [4.69, 9.17) is 4.74 Å². The summed E-state index contributed by atoms with van der Waals surface area (Å²) in [7, 11) is 0. The van der Waals surface area contributed by atoms with Gasteiger partial charge in [-0.05, 0) is 20.8 Å². The first-order valence-electron chi connectivity index (χ1n) is 6.52. The number of morpholine rings is 1. The maximum absolute atomic E-state index is 12.2. The van der Waals surface area contributed by atoms with Crippen molar-refractivity contribution in [3.05, 3.63) is 35.4 Å². The van der Waals surface area contributed by atoms with Crippen molar-refractivity contribution < 1.29 is 9.53 Å². The summed E-state index contributed by atoms with van der Waals surface area (Å²) in [4.78, 5) is 14.4. The molecule has 98 valence electrons. The minimum atomic E-state index is 0.191. The lowest BCUT2D eigenvalue weighted by atomic mass is 10.1. The van der Waals surface area contributed by atoms with Crippen LogP contribution in [0.5, 0.6) is 0 Å². The third-order valence-electron chi connectivity index (χ3n) is 3.46. The van der Waals surface area contributed by atoms with E-state index in [9.17, 15) is 4.79 Å². The predicted molar refractivity (Wildman–Crippen MR) is 72.0 cm³/mol. The molecule has 0 aliphatic carbocycles. The second kappa shape index (κ2) is 5.63. The highest BCUT2D eigenvalue weighted by Crippen LogP contribution is 2.13. The van der Waals surface area contributed by atoms with Crippen molar-refractivity contribution in [2.24, 2.45) is 0 Å². The fourth-order valence-corrected chi connectivity index (χ4v) is 2.21. The number of rotatable bonds is 3. The number of hydrogen-bond acceptors (Lipinski definition) is 3. The van der Waals surface area contributed by atoms with Crippen molar-refractivity contribution in [2.45, 2.75) is 32.9 Å². The summed E-state index contributed by atoms with van der Waals surface area (Å²) < 4.78 is 5.57. The molecule has 0 bridgehead atoms. The third-order valence-corrected chi connectivity index (χ3v) is 3.46. The van der Waals surface area contributed by atoms with E-state index in [2.05, 4.69) is 18.7 Å². The molecule has 0 N–H and O–H groups in total. The number of carbonyl (C=O) groups is 1. The van der Waals surface area contributed by atoms with Gasteiger partial charge in [0.15, 0.2) is 5.78 Å². The van der Waals surface area contributed by atoms with Crippen molar-refractivity contribution >= 4 is 5.78 Å². The van der Waals surface area contributed by atoms with Crippen LogP contribution in [0.15, 0.2) is 24.3 Å². The minimum absolute atomic E-state index is 0.191. The molecule has 2 rings (SSSR count). The third kappa shape index (κ3) is 3.18. The van der Waals surface area contributed by atoms with Gasteiger partial charge in [-0.3, -0.25) is 9.69 Å². The number of benzene rings is 1. The Morgan fingerprint density at radius 1 is 1.33 bits per heavy atom. The van der Waals surface area contributed by atoms with Crippen LogP contribution in [0.1, 0.15) is 29.8 Å². The molecule has 2 unspecified atom stereocenters. The molecule has 0 aromatic heterocycles. The van der Waals surface area contributed by atoms with Crippen LogP contribution in [0.2, 0.25) is 0 Å². The molecule has 1 aromatic rings. The van der Waals surface area contributed by atoms with Gasteiger partial charge in [0.05, 0.1) is 19.3 Å². The summed E-state index contributed by atoms with van der Waals surface area (Å²) in [6, 6.07) is 8.10. The zero-order valence-electron chi connectivity index (χ0n) is 11.3. The Labute approximate surface area is 109 Å². The van der Waals surface area contributed by atoms with Crippen molar-refractivity contribution in [1.29, 1.82) is 0 Å². The standard InChI is InChI=1S/C15H21NO2/c1-11-4-6-14(7-5-11)15(17)9-16-8-13(3)18-10-12(16)2/h4-7,12-13H,8-10H2,1-3H3. The van der Waals surface area contributed by atoms with Crippen molar-refractivity contribution in [2.75, 3.05) is 19.7 Å². The van der Waals surface area contributed by atoms with E-state index in [1.165, 1.54) is 5.56 Å². The number of aryl methyl sites for hydroxylation is 1. The molecule has 0 radical (unpaired) electrons. The molecule has 2 atom stereocenters. The van der Waals surface area contributed by atoms with Crippen LogP contribution >= 0.6 is 0 Å². The first-order chi connectivity index (χ1) is 8.56. The van der Waals surface area contributed by atoms with Gasteiger partial charge in [0.1, 0.15) is 0 Å². The Bertz CT molecular complexity index is 413. The maximum Gasteiger partial charge on any atom is 0.176 e. The van der Waals surface area contributed by atoms with Gasteiger partial charge < -0.3 is 4.74 Å². The zero-order valence-corrected chi connectivity index (χ0v) is 11.3. The number of Topliss-reactive ketones (excluding diaryl/α,β-unsaturated/α-hetero) is 1. The molecule has 18 heavy (non-hydrogen) atoms. The highest BCUT2D eigenvalue weighted by atomic mass is 16.5. The molecule has 1 heterocycles. The van der Waals surface area contributed by atoms with Crippen LogP contribution in [-0.4, -0.2) is 42.5 Å². The lowest BCUT2D eigenvalue weighted by molar-refractivity contribution is -0.0460. The van der Waals surface area contributed by atoms with Gasteiger partial charge in [-0.1, -0.05) is 29.8 Å². The van der Waals surface area contributed by atoms with Crippen molar-refractivity contribution in [3.8, 4) is 0 Å². The first kappa shape index (κ1) is 13.2. The Balaban J connectivity index is 2.00. The van der Waals surface area contributed by atoms with Gasteiger partial charge in [-0.2, -0.15) is 0 Å². The molecular weight excluding hydrogens is 226 g/mol. The average Bonchev–Trinajstić information content (AvgIpc) is 2.34. The van der Waals surface area contributed by atoms with E-state index in [1.807, 2.05) is 31.2 Å². The molecule has 3 nitrogen and oxygen atoms in total.